The molecular weight excluding hydrogens is 457 g/mol. The highest BCUT2D eigenvalue weighted by Gasteiger charge is 2.30. The van der Waals surface area contributed by atoms with Crippen molar-refractivity contribution in [1.29, 1.82) is 0 Å². The second kappa shape index (κ2) is 9.57. The number of nitrogens with two attached hydrogens (primary N) is 1. The lowest BCUT2D eigenvalue weighted by molar-refractivity contribution is -0.137. The Morgan fingerprint density at radius 2 is 1.86 bits per heavy atom. The Kier molecular flexibility index (Phi) is 6.33. The number of benzene rings is 1. The number of hydrogen-bond donors (Lipinski definition) is 3. The zero-order valence-electron chi connectivity index (χ0n) is 18.9. The predicted octanol–water partition coefficient (Wildman–Crippen LogP) is 4.30. The molecule has 0 spiro atoms. The summed E-state index contributed by atoms with van der Waals surface area (Å²) in [6.07, 6.45) is 3.70. The van der Waals surface area contributed by atoms with Gasteiger partial charge in [0.1, 0.15) is 5.82 Å². The number of H-pyrrole nitrogens is 1. The Balaban J connectivity index is 1.30. The number of anilines is 1. The zero-order chi connectivity index (χ0) is 24.4. The van der Waals surface area contributed by atoms with Crippen LogP contribution in [0.15, 0.2) is 42.7 Å². The fourth-order valence-corrected chi connectivity index (χ4v) is 4.33. The largest absolute Gasteiger partial charge is 0.416 e. The molecule has 4 aromatic rings. The molecule has 0 saturated heterocycles. The van der Waals surface area contributed by atoms with E-state index in [-0.39, 0.29) is 6.04 Å². The molecule has 1 fully saturated rings. The number of aryl methyl sites for hydroxylation is 2. The van der Waals surface area contributed by atoms with Crippen LogP contribution < -0.4 is 11.1 Å². The lowest BCUT2D eigenvalue weighted by atomic mass is 9.92. The third-order valence-corrected chi connectivity index (χ3v) is 6.27. The number of aromatic nitrogens is 6. The highest BCUT2D eigenvalue weighted by molar-refractivity contribution is 5.89. The quantitative estimate of drug-likeness (QED) is 0.375. The molecule has 0 amide bonds. The molecule has 8 nitrogen and oxygen atoms in total. The van der Waals surface area contributed by atoms with E-state index >= 15 is 0 Å². The van der Waals surface area contributed by atoms with Gasteiger partial charge in [0.15, 0.2) is 5.65 Å². The molecule has 1 aliphatic rings. The third-order valence-electron chi connectivity index (χ3n) is 6.27. The van der Waals surface area contributed by atoms with Crippen molar-refractivity contribution in [3.8, 4) is 11.4 Å². The summed E-state index contributed by atoms with van der Waals surface area (Å²) in [6.45, 7) is 0. The van der Waals surface area contributed by atoms with Crippen molar-refractivity contribution in [3.05, 3.63) is 59.7 Å². The van der Waals surface area contributed by atoms with E-state index in [4.69, 9.17) is 5.73 Å². The minimum Gasteiger partial charge on any atom is -0.351 e. The molecule has 4 N–H and O–H groups in total. The van der Waals surface area contributed by atoms with Crippen molar-refractivity contribution < 1.29 is 13.2 Å². The van der Waals surface area contributed by atoms with Gasteiger partial charge in [0.2, 0.25) is 5.95 Å². The first kappa shape index (κ1) is 23.2. The second-order valence-electron chi connectivity index (χ2n) is 8.84. The summed E-state index contributed by atoms with van der Waals surface area (Å²) in [4.78, 5) is 17.9. The van der Waals surface area contributed by atoms with Crippen LogP contribution in [0.2, 0.25) is 0 Å². The SMILES string of the molecule is NC1CCC(Nc2ncc3c(-c4ccnc(CCc5cccc(C(F)(F)F)c5)n4)[nH]nc3n2)CC1. The van der Waals surface area contributed by atoms with Crippen LogP contribution in [-0.2, 0) is 19.0 Å². The molecule has 1 aromatic carbocycles. The minimum atomic E-state index is -4.37. The summed E-state index contributed by atoms with van der Waals surface area (Å²) in [7, 11) is 0. The Morgan fingerprint density at radius 3 is 2.66 bits per heavy atom. The lowest BCUT2D eigenvalue weighted by Gasteiger charge is -2.26. The van der Waals surface area contributed by atoms with Gasteiger partial charge < -0.3 is 11.1 Å². The van der Waals surface area contributed by atoms with Gasteiger partial charge in [-0.15, -0.1) is 0 Å². The van der Waals surface area contributed by atoms with Crippen molar-refractivity contribution in [2.24, 2.45) is 5.73 Å². The van der Waals surface area contributed by atoms with Gasteiger partial charge in [0.05, 0.1) is 22.3 Å². The number of nitrogens with one attached hydrogen (secondary N) is 2. The Labute approximate surface area is 199 Å². The molecule has 11 heteroatoms. The van der Waals surface area contributed by atoms with Crippen LogP contribution in [0.1, 0.15) is 42.6 Å². The average Bonchev–Trinajstić information content (AvgIpc) is 3.27. The number of rotatable bonds is 6. The minimum absolute atomic E-state index is 0.271. The van der Waals surface area contributed by atoms with E-state index < -0.39 is 11.7 Å². The van der Waals surface area contributed by atoms with Crippen molar-refractivity contribution in [2.75, 3.05) is 5.32 Å². The maximum absolute atomic E-state index is 13.0. The van der Waals surface area contributed by atoms with Crippen LogP contribution >= 0.6 is 0 Å². The van der Waals surface area contributed by atoms with Gasteiger partial charge in [0.25, 0.3) is 0 Å². The number of hydrogen-bond acceptors (Lipinski definition) is 7. The standard InChI is InChI=1S/C24H25F3N8/c25-24(26,27)15-3-1-2-14(12-15)4-9-20-29-11-10-19(32-20)21-18-13-30-23(33-22(18)35-34-21)31-17-7-5-16(28)6-8-17/h1-3,10-13,16-17H,4-9,28H2,(H2,30,31,33,34,35). The fraction of sp³-hybridized carbons (Fsp3) is 0.375. The maximum Gasteiger partial charge on any atom is 0.416 e. The summed E-state index contributed by atoms with van der Waals surface area (Å²) < 4.78 is 38.9. The van der Waals surface area contributed by atoms with Gasteiger partial charge >= 0.3 is 6.18 Å². The van der Waals surface area contributed by atoms with Crippen molar-refractivity contribution in [1.82, 2.24) is 30.1 Å². The molecule has 0 unspecified atom stereocenters. The molecule has 35 heavy (non-hydrogen) atoms. The van der Waals surface area contributed by atoms with Gasteiger partial charge in [-0.3, -0.25) is 5.10 Å². The van der Waals surface area contributed by atoms with E-state index in [2.05, 4.69) is 35.5 Å². The zero-order valence-corrected chi connectivity index (χ0v) is 18.9. The predicted molar refractivity (Wildman–Crippen MR) is 125 cm³/mol. The number of fused-ring (bicyclic) bond motifs is 1. The van der Waals surface area contributed by atoms with Crippen molar-refractivity contribution in [2.45, 2.75) is 56.8 Å². The van der Waals surface area contributed by atoms with Gasteiger partial charge in [-0.1, -0.05) is 18.2 Å². The van der Waals surface area contributed by atoms with E-state index in [1.54, 1.807) is 24.5 Å². The summed E-state index contributed by atoms with van der Waals surface area (Å²) in [5, 5.41) is 11.4. The van der Waals surface area contributed by atoms with Crippen LogP contribution in [0, 0.1) is 0 Å². The van der Waals surface area contributed by atoms with Crippen molar-refractivity contribution >= 4 is 17.0 Å². The summed E-state index contributed by atoms with van der Waals surface area (Å²) in [6, 6.07) is 7.64. The molecule has 0 atom stereocenters. The first-order valence-electron chi connectivity index (χ1n) is 11.6. The maximum atomic E-state index is 13.0. The summed E-state index contributed by atoms with van der Waals surface area (Å²) in [5.41, 5.74) is 7.70. The Hall–Kier alpha value is -3.60. The third kappa shape index (κ3) is 5.40. The number of nitrogens with zero attached hydrogens (tertiary/aromatic N) is 5. The van der Waals surface area contributed by atoms with E-state index in [0.717, 1.165) is 43.2 Å². The van der Waals surface area contributed by atoms with Crippen LogP contribution in [0.25, 0.3) is 22.4 Å². The van der Waals surface area contributed by atoms with E-state index in [0.29, 0.717) is 53.3 Å². The van der Waals surface area contributed by atoms with E-state index in [9.17, 15) is 13.2 Å². The van der Waals surface area contributed by atoms with Crippen LogP contribution in [0.3, 0.4) is 0 Å². The summed E-state index contributed by atoms with van der Waals surface area (Å²) in [5.74, 6) is 1.05. The van der Waals surface area contributed by atoms with Crippen LogP contribution in [0.5, 0.6) is 0 Å². The lowest BCUT2D eigenvalue weighted by Crippen LogP contribution is -2.33. The number of halogens is 3. The van der Waals surface area contributed by atoms with Gasteiger partial charge in [-0.25, -0.2) is 15.0 Å². The van der Waals surface area contributed by atoms with Crippen LogP contribution in [-0.4, -0.2) is 42.2 Å². The van der Waals surface area contributed by atoms with Gasteiger partial charge in [-0.05, 0) is 49.8 Å². The van der Waals surface area contributed by atoms with E-state index in [1.807, 2.05) is 0 Å². The summed E-state index contributed by atoms with van der Waals surface area (Å²) >= 11 is 0. The molecule has 0 radical (unpaired) electrons. The highest BCUT2D eigenvalue weighted by atomic mass is 19.4. The molecule has 182 valence electrons. The monoisotopic (exact) mass is 482 g/mol. The first-order valence-corrected chi connectivity index (χ1v) is 11.6. The molecular formula is C24H25F3N8. The molecule has 0 bridgehead atoms. The fourth-order valence-electron chi connectivity index (χ4n) is 4.33. The number of aromatic amines is 1. The second-order valence-corrected chi connectivity index (χ2v) is 8.84. The number of alkyl halides is 3. The van der Waals surface area contributed by atoms with Crippen LogP contribution in [0.4, 0.5) is 19.1 Å². The van der Waals surface area contributed by atoms with Gasteiger partial charge in [0, 0.05) is 30.9 Å². The topological polar surface area (TPSA) is 118 Å². The Morgan fingerprint density at radius 1 is 1.03 bits per heavy atom. The smallest absolute Gasteiger partial charge is 0.351 e. The molecule has 3 aromatic heterocycles. The molecule has 0 aliphatic heterocycles. The molecule has 5 rings (SSSR count). The van der Waals surface area contributed by atoms with Gasteiger partial charge in [-0.2, -0.15) is 23.3 Å². The first-order chi connectivity index (χ1) is 16.8. The molecule has 3 heterocycles. The van der Waals surface area contributed by atoms with Crippen molar-refractivity contribution in [3.63, 3.8) is 0 Å². The molecule has 1 aliphatic carbocycles. The van der Waals surface area contributed by atoms with E-state index in [1.165, 1.54) is 6.07 Å². The Bertz CT molecular complexity index is 1310. The molecule has 1 saturated carbocycles. The normalized spacial score (nSPS) is 18.6. The average molecular weight is 483 g/mol. The highest BCUT2D eigenvalue weighted by Crippen LogP contribution is 2.30.